The molecule has 1 fully saturated rings. The lowest BCUT2D eigenvalue weighted by atomic mass is 10.2. The zero-order valence-corrected chi connectivity index (χ0v) is 13.6. The molecule has 7 heteroatoms. The summed E-state index contributed by atoms with van der Waals surface area (Å²) in [7, 11) is -3.60. The highest BCUT2D eigenvalue weighted by molar-refractivity contribution is 7.89. The molecule has 0 radical (unpaired) electrons. The van der Waals surface area contributed by atoms with Crippen LogP contribution < -0.4 is 4.74 Å². The van der Waals surface area contributed by atoms with E-state index in [9.17, 15) is 17.6 Å². The van der Waals surface area contributed by atoms with Crippen LogP contribution in [0.15, 0.2) is 53.4 Å². The van der Waals surface area contributed by atoms with Gasteiger partial charge < -0.3 is 4.74 Å². The van der Waals surface area contributed by atoms with Gasteiger partial charge in [-0.2, -0.15) is 4.31 Å². The van der Waals surface area contributed by atoms with Crippen LogP contribution in [0.25, 0.3) is 0 Å². The van der Waals surface area contributed by atoms with Crippen LogP contribution in [0.2, 0.25) is 0 Å². The molecule has 0 atom stereocenters. The van der Waals surface area contributed by atoms with E-state index >= 15 is 0 Å². The summed E-state index contributed by atoms with van der Waals surface area (Å²) < 4.78 is 44.5. The van der Waals surface area contributed by atoms with Gasteiger partial charge in [0.05, 0.1) is 10.5 Å². The Morgan fingerprint density at radius 3 is 2.38 bits per heavy atom. The van der Waals surface area contributed by atoms with Gasteiger partial charge in [-0.05, 0) is 55.3 Å². The molecular formula is C17H16FNO4S. The fourth-order valence-corrected chi connectivity index (χ4v) is 4.09. The number of rotatable bonds is 4. The molecule has 0 N–H and O–H groups in total. The average Bonchev–Trinajstić information content (AvgIpc) is 3.12. The van der Waals surface area contributed by atoms with Gasteiger partial charge in [0.1, 0.15) is 11.6 Å². The van der Waals surface area contributed by atoms with Crippen molar-refractivity contribution in [3.8, 4) is 5.75 Å². The molecule has 24 heavy (non-hydrogen) atoms. The first-order valence-electron chi connectivity index (χ1n) is 7.55. The lowest BCUT2D eigenvalue weighted by molar-refractivity contribution is 0.0734. The van der Waals surface area contributed by atoms with Crippen molar-refractivity contribution in [1.29, 1.82) is 0 Å². The summed E-state index contributed by atoms with van der Waals surface area (Å²) in [6.45, 7) is 0.985. The normalized spacial score (nSPS) is 15.4. The monoisotopic (exact) mass is 349 g/mol. The van der Waals surface area contributed by atoms with Crippen LogP contribution >= 0.6 is 0 Å². The van der Waals surface area contributed by atoms with Crippen molar-refractivity contribution >= 4 is 16.0 Å². The first kappa shape index (κ1) is 16.6. The molecule has 0 saturated carbocycles. The number of nitrogens with zero attached hydrogens (tertiary/aromatic N) is 1. The van der Waals surface area contributed by atoms with Crippen LogP contribution in [0, 0.1) is 5.82 Å². The minimum absolute atomic E-state index is 0.0676. The van der Waals surface area contributed by atoms with Crippen molar-refractivity contribution in [1.82, 2.24) is 4.31 Å². The third-order valence-corrected chi connectivity index (χ3v) is 5.69. The molecule has 0 aliphatic carbocycles. The van der Waals surface area contributed by atoms with E-state index in [0.29, 0.717) is 13.1 Å². The number of sulfonamides is 1. The molecule has 2 aromatic rings. The second-order valence-corrected chi connectivity index (χ2v) is 7.42. The van der Waals surface area contributed by atoms with Crippen LogP contribution in [0.3, 0.4) is 0 Å². The number of hydrogen-bond acceptors (Lipinski definition) is 4. The zero-order chi connectivity index (χ0) is 17.2. The Bertz CT molecular complexity index is 843. The van der Waals surface area contributed by atoms with Crippen molar-refractivity contribution in [2.75, 3.05) is 13.1 Å². The van der Waals surface area contributed by atoms with Crippen LogP contribution in [0.5, 0.6) is 5.75 Å². The Kier molecular flexibility index (Phi) is 4.64. The zero-order valence-electron chi connectivity index (χ0n) is 12.8. The van der Waals surface area contributed by atoms with Gasteiger partial charge in [-0.3, -0.25) is 0 Å². The second kappa shape index (κ2) is 6.70. The topological polar surface area (TPSA) is 63.7 Å². The van der Waals surface area contributed by atoms with Crippen LogP contribution in [-0.4, -0.2) is 31.8 Å². The Balaban J connectivity index is 1.82. The van der Waals surface area contributed by atoms with Gasteiger partial charge in [0.15, 0.2) is 0 Å². The first-order chi connectivity index (χ1) is 11.5. The van der Waals surface area contributed by atoms with E-state index in [-0.39, 0.29) is 16.2 Å². The molecule has 0 amide bonds. The summed E-state index contributed by atoms with van der Waals surface area (Å²) in [5, 5.41) is 0. The molecule has 0 spiro atoms. The molecule has 5 nitrogen and oxygen atoms in total. The Labute approximate surface area is 139 Å². The van der Waals surface area contributed by atoms with Gasteiger partial charge in [0.25, 0.3) is 0 Å². The van der Waals surface area contributed by atoms with E-state index in [4.69, 9.17) is 4.74 Å². The number of ether oxygens (including phenoxy) is 1. The summed E-state index contributed by atoms with van der Waals surface area (Å²) in [5.41, 5.74) is 0.125. The molecule has 2 aromatic carbocycles. The third kappa shape index (κ3) is 3.47. The van der Waals surface area contributed by atoms with E-state index in [1.54, 1.807) is 0 Å². The molecule has 1 aliphatic heterocycles. The molecule has 0 aromatic heterocycles. The summed E-state index contributed by atoms with van der Waals surface area (Å²) >= 11 is 0. The smallest absolute Gasteiger partial charge is 0.343 e. The summed E-state index contributed by atoms with van der Waals surface area (Å²) in [6, 6.07) is 10.8. The lowest BCUT2D eigenvalue weighted by Crippen LogP contribution is -2.28. The number of carbonyl (C=O) groups is 1. The maximum Gasteiger partial charge on any atom is 0.343 e. The first-order valence-corrected chi connectivity index (χ1v) is 8.99. The van der Waals surface area contributed by atoms with Gasteiger partial charge in [0.2, 0.25) is 10.0 Å². The fraction of sp³-hybridized carbons (Fsp3) is 0.235. The molecule has 1 aliphatic rings. The Morgan fingerprint density at radius 2 is 1.71 bits per heavy atom. The molecule has 0 unspecified atom stereocenters. The van der Waals surface area contributed by atoms with E-state index in [2.05, 4.69) is 0 Å². The van der Waals surface area contributed by atoms with Crippen molar-refractivity contribution in [2.24, 2.45) is 0 Å². The third-order valence-electron chi connectivity index (χ3n) is 3.80. The lowest BCUT2D eigenvalue weighted by Gasteiger charge is -2.15. The number of carbonyl (C=O) groups excluding carboxylic acids is 1. The summed E-state index contributed by atoms with van der Waals surface area (Å²) in [4.78, 5) is 12.2. The fourth-order valence-electron chi connectivity index (χ4n) is 2.53. The molecular weight excluding hydrogens is 333 g/mol. The number of esters is 1. The maximum atomic E-state index is 12.9. The minimum Gasteiger partial charge on any atom is -0.423 e. The van der Waals surface area contributed by atoms with Crippen LogP contribution in [0.1, 0.15) is 23.2 Å². The number of benzene rings is 2. The van der Waals surface area contributed by atoms with Crippen molar-refractivity contribution < 1.29 is 22.3 Å². The van der Waals surface area contributed by atoms with Gasteiger partial charge in [-0.25, -0.2) is 17.6 Å². The molecule has 3 rings (SSSR count). The second-order valence-electron chi connectivity index (χ2n) is 5.48. The highest BCUT2D eigenvalue weighted by Crippen LogP contribution is 2.22. The van der Waals surface area contributed by atoms with E-state index in [1.165, 1.54) is 52.8 Å². The average molecular weight is 349 g/mol. The SMILES string of the molecule is O=C(Oc1ccc(F)cc1)c1cccc(S(=O)(=O)N2CCCC2)c1. The van der Waals surface area contributed by atoms with Crippen LogP contribution in [0.4, 0.5) is 4.39 Å². The molecule has 1 heterocycles. The van der Waals surface area contributed by atoms with E-state index in [1.807, 2.05) is 0 Å². The highest BCUT2D eigenvalue weighted by Gasteiger charge is 2.27. The largest absolute Gasteiger partial charge is 0.423 e. The van der Waals surface area contributed by atoms with Crippen molar-refractivity contribution in [3.63, 3.8) is 0 Å². The Hall–Kier alpha value is -2.25. The predicted molar refractivity (Wildman–Crippen MR) is 85.8 cm³/mol. The Morgan fingerprint density at radius 1 is 1.04 bits per heavy atom. The number of hydrogen-bond donors (Lipinski definition) is 0. The number of halogens is 1. The summed E-state index contributed by atoms with van der Waals surface area (Å²) in [6.07, 6.45) is 1.68. The minimum atomic E-state index is -3.60. The van der Waals surface area contributed by atoms with E-state index < -0.39 is 21.8 Å². The quantitative estimate of drug-likeness (QED) is 0.629. The molecule has 126 valence electrons. The van der Waals surface area contributed by atoms with Gasteiger partial charge in [-0.1, -0.05) is 6.07 Å². The van der Waals surface area contributed by atoms with Crippen LogP contribution in [-0.2, 0) is 10.0 Å². The van der Waals surface area contributed by atoms with Crippen molar-refractivity contribution in [3.05, 3.63) is 59.9 Å². The van der Waals surface area contributed by atoms with Gasteiger partial charge in [0, 0.05) is 13.1 Å². The highest BCUT2D eigenvalue weighted by atomic mass is 32.2. The van der Waals surface area contributed by atoms with E-state index in [0.717, 1.165) is 12.8 Å². The molecule has 1 saturated heterocycles. The van der Waals surface area contributed by atoms with Crippen molar-refractivity contribution in [2.45, 2.75) is 17.7 Å². The maximum absolute atomic E-state index is 12.9. The molecule has 0 bridgehead atoms. The standard InChI is InChI=1S/C17H16FNO4S/c18-14-6-8-15(9-7-14)23-17(20)13-4-3-5-16(12-13)24(21,22)19-10-1-2-11-19/h3-9,12H,1-2,10-11H2. The van der Waals surface area contributed by atoms with Gasteiger partial charge >= 0.3 is 5.97 Å². The summed E-state index contributed by atoms with van der Waals surface area (Å²) in [5.74, 6) is -0.942. The predicted octanol–water partition coefficient (Wildman–Crippen LogP) is 2.83. The van der Waals surface area contributed by atoms with Gasteiger partial charge in [-0.15, -0.1) is 0 Å².